The van der Waals surface area contributed by atoms with Crippen molar-refractivity contribution in [3.8, 4) is 0 Å². The van der Waals surface area contributed by atoms with Crippen molar-refractivity contribution >= 4 is 11.4 Å². The molecule has 3 rings (SSSR count). The molecule has 0 fully saturated rings. The van der Waals surface area contributed by atoms with Crippen molar-refractivity contribution in [2.75, 3.05) is 17.2 Å². The quantitative estimate of drug-likeness (QED) is 0.773. The van der Waals surface area contributed by atoms with Gasteiger partial charge in [-0.15, -0.1) is 10.2 Å². The minimum atomic E-state index is -0.652. The summed E-state index contributed by atoms with van der Waals surface area (Å²) in [5.74, 6) is -0.613. The minimum absolute atomic E-state index is 0.0570. The molecule has 1 aromatic carbocycles. The van der Waals surface area contributed by atoms with Gasteiger partial charge in [0.15, 0.2) is 17.5 Å². The predicted molar refractivity (Wildman–Crippen MR) is 61.8 cm³/mol. The maximum Gasteiger partial charge on any atom is 0.152 e. The first kappa shape index (κ1) is 10.9. The van der Waals surface area contributed by atoms with E-state index in [2.05, 4.69) is 10.2 Å². The zero-order valence-corrected chi connectivity index (χ0v) is 9.48. The number of fused-ring (bicyclic) bond motifs is 1. The van der Waals surface area contributed by atoms with E-state index in [1.807, 2.05) is 4.57 Å². The summed E-state index contributed by atoms with van der Waals surface area (Å²) in [6.07, 6.45) is 1.61. The van der Waals surface area contributed by atoms with Crippen molar-refractivity contribution < 1.29 is 8.78 Å². The van der Waals surface area contributed by atoms with Crippen LogP contribution in [0.5, 0.6) is 0 Å². The Hall–Kier alpha value is -2.18. The number of nitrogen functional groups attached to an aromatic ring is 1. The second-order valence-corrected chi connectivity index (χ2v) is 4.20. The Morgan fingerprint density at radius 3 is 2.61 bits per heavy atom. The Morgan fingerprint density at radius 1 is 1.17 bits per heavy atom. The first-order valence-corrected chi connectivity index (χ1v) is 5.51. The molecule has 18 heavy (non-hydrogen) atoms. The van der Waals surface area contributed by atoms with Crippen LogP contribution in [0.1, 0.15) is 5.82 Å². The number of hydrogen-bond donors (Lipinski definition) is 1. The summed E-state index contributed by atoms with van der Waals surface area (Å²) in [7, 11) is 0. The van der Waals surface area contributed by atoms with Crippen LogP contribution in [0, 0.1) is 11.6 Å². The van der Waals surface area contributed by atoms with E-state index in [-0.39, 0.29) is 11.4 Å². The Balaban J connectivity index is 1.98. The molecular weight excluding hydrogens is 240 g/mol. The molecule has 0 radical (unpaired) electrons. The molecule has 0 aliphatic carbocycles. The van der Waals surface area contributed by atoms with Crippen LogP contribution in [0.3, 0.4) is 0 Å². The molecule has 0 saturated carbocycles. The number of halogens is 2. The topological polar surface area (TPSA) is 60.0 Å². The highest BCUT2D eigenvalue weighted by Crippen LogP contribution is 2.28. The Kier molecular flexibility index (Phi) is 2.39. The SMILES string of the molecule is Nc1cc(F)c(N2CCn3cnnc3C2)c(F)c1. The summed E-state index contributed by atoms with van der Waals surface area (Å²) >= 11 is 0. The number of hydrogen-bond acceptors (Lipinski definition) is 4. The molecule has 0 atom stereocenters. The van der Waals surface area contributed by atoms with Gasteiger partial charge in [-0.25, -0.2) is 8.78 Å². The molecule has 1 aliphatic heterocycles. The summed E-state index contributed by atoms with van der Waals surface area (Å²) < 4.78 is 29.5. The van der Waals surface area contributed by atoms with Gasteiger partial charge in [-0.05, 0) is 12.1 Å². The Labute approximate surface area is 102 Å². The second-order valence-electron chi connectivity index (χ2n) is 4.20. The number of aromatic nitrogens is 3. The van der Waals surface area contributed by atoms with E-state index in [0.717, 1.165) is 12.1 Å². The summed E-state index contributed by atoms with van der Waals surface area (Å²) in [6.45, 7) is 1.44. The molecule has 1 aliphatic rings. The molecule has 0 saturated heterocycles. The minimum Gasteiger partial charge on any atom is -0.399 e. The van der Waals surface area contributed by atoms with Crippen LogP contribution in [-0.4, -0.2) is 21.3 Å². The first-order chi connectivity index (χ1) is 8.65. The van der Waals surface area contributed by atoms with Gasteiger partial charge < -0.3 is 15.2 Å². The van der Waals surface area contributed by atoms with E-state index in [1.165, 1.54) is 0 Å². The lowest BCUT2D eigenvalue weighted by molar-refractivity contribution is 0.522. The van der Waals surface area contributed by atoms with E-state index < -0.39 is 11.6 Å². The van der Waals surface area contributed by atoms with E-state index in [0.29, 0.717) is 25.5 Å². The highest BCUT2D eigenvalue weighted by molar-refractivity contribution is 5.56. The fourth-order valence-corrected chi connectivity index (χ4v) is 2.14. The van der Waals surface area contributed by atoms with Crippen LogP contribution in [0.2, 0.25) is 0 Å². The summed E-state index contributed by atoms with van der Waals surface area (Å²) in [5, 5.41) is 7.68. The summed E-state index contributed by atoms with van der Waals surface area (Å²) in [4.78, 5) is 1.61. The molecule has 1 aromatic heterocycles. The lowest BCUT2D eigenvalue weighted by atomic mass is 10.2. The van der Waals surface area contributed by atoms with Crippen molar-refractivity contribution in [2.24, 2.45) is 0 Å². The van der Waals surface area contributed by atoms with Crippen LogP contribution in [-0.2, 0) is 13.1 Å². The molecule has 2 aromatic rings. The monoisotopic (exact) mass is 251 g/mol. The van der Waals surface area contributed by atoms with E-state index in [1.54, 1.807) is 11.2 Å². The standard InChI is InChI=1S/C11H11F2N5/c12-8-3-7(14)4-9(13)11(8)17-1-2-18-6-15-16-10(18)5-17/h3-4,6H,1-2,5,14H2. The molecule has 2 heterocycles. The van der Waals surface area contributed by atoms with Crippen LogP contribution < -0.4 is 10.6 Å². The van der Waals surface area contributed by atoms with Gasteiger partial charge in [0.2, 0.25) is 0 Å². The second kappa shape index (κ2) is 3.94. The van der Waals surface area contributed by atoms with Gasteiger partial charge >= 0.3 is 0 Å². The molecule has 0 amide bonds. The molecule has 0 spiro atoms. The third-order valence-corrected chi connectivity index (χ3v) is 2.99. The number of anilines is 2. The van der Waals surface area contributed by atoms with E-state index >= 15 is 0 Å². The van der Waals surface area contributed by atoms with Gasteiger partial charge in [0.05, 0.1) is 6.54 Å². The number of nitrogens with zero attached hydrogens (tertiary/aromatic N) is 4. The molecule has 5 nitrogen and oxygen atoms in total. The Morgan fingerprint density at radius 2 is 1.89 bits per heavy atom. The molecular formula is C11H11F2N5. The third-order valence-electron chi connectivity index (χ3n) is 2.99. The number of benzene rings is 1. The lowest BCUT2D eigenvalue weighted by Crippen LogP contribution is -2.34. The molecule has 2 N–H and O–H groups in total. The van der Waals surface area contributed by atoms with Gasteiger partial charge in [-0.2, -0.15) is 0 Å². The van der Waals surface area contributed by atoms with Crippen molar-refractivity contribution in [1.29, 1.82) is 0 Å². The number of nitrogens with two attached hydrogens (primary N) is 1. The highest BCUT2D eigenvalue weighted by Gasteiger charge is 2.23. The van der Waals surface area contributed by atoms with Gasteiger partial charge in [0, 0.05) is 18.8 Å². The van der Waals surface area contributed by atoms with Gasteiger partial charge in [-0.3, -0.25) is 0 Å². The number of rotatable bonds is 1. The maximum absolute atomic E-state index is 13.8. The average molecular weight is 251 g/mol. The molecule has 0 unspecified atom stereocenters. The Bertz CT molecular complexity index is 572. The third kappa shape index (κ3) is 1.68. The predicted octanol–water partition coefficient (Wildman–Crippen LogP) is 1.16. The maximum atomic E-state index is 13.8. The highest BCUT2D eigenvalue weighted by atomic mass is 19.1. The fourth-order valence-electron chi connectivity index (χ4n) is 2.14. The normalized spacial score (nSPS) is 14.7. The smallest absolute Gasteiger partial charge is 0.152 e. The van der Waals surface area contributed by atoms with Gasteiger partial charge in [-0.1, -0.05) is 0 Å². The van der Waals surface area contributed by atoms with Crippen LogP contribution in [0.15, 0.2) is 18.5 Å². The molecule has 7 heteroatoms. The van der Waals surface area contributed by atoms with Gasteiger partial charge in [0.25, 0.3) is 0 Å². The van der Waals surface area contributed by atoms with Crippen molar-refractivity contribution in [2.45, 2.75) is 13.1 Å². The summed E-state index contributed by atoms with van der Waals surface area (Å²) in [5.41, 5.74) is 5.41. The molecule has 0 bridgehead atoms. The zero-order chi connectivity index (χ0) is 12.7. The van der Waals surface area contributed by atoms with Gasteiger partial charge in [0.1, 0.15) is 12.0 Å². The van der Waals surface area contributed by atoms with Crippen molar-refractivity contribution in [1.82, 2.24) is 14.8 Å². The first-order valence-electron chi connectivity index (χ1n) is 5.51. The average Bonchev–Trinajstić information content (AvgIpc) is 2.74. The zero-order valence-electron chi connectivity index (χ0n) is 9.48. The van der Waals surface area contributed by atoms with Crippen LogP contribution in [0.4, 0.5) is 20.2 Å². The van der Waals surface area contributed by atoms with Crippen molar-refractivity contribution in [3.05, 3.63) is 35.9 Å². The van der Waals surface area contributed by atoms with Crippen LogP contribution >= 0.6 is 0 Å². The van der Waals surface area contributed by atoms with Crippen LogP contribution in [0.25, 0.3) is 0 Å². The van der Waals surface area contributed by atoms with Crippen molar-refractivity contribution in [3.63, 3.8) is 0 Å². The largest absolute Gasteiger partial charge is 0.399 e. The fraction of sp³-hybridized carbons (Fsp3) is 0.273. The molecule has 94 valence electrons. The van der Waals surface area contributed by atoms with E-state index in [4.69, 9.17) is 5.73 Å². The summed E-state index contributed by atoms with van der Waals surface area (Å²) in [6, 6.07) is 2.25. The van der Waals surface area contributed by atoms with E-state index in [9.17, 15) is 8.78 Å². The lowest BCUT2D eigenvalue weighted by Gasteiger charge is -2.29.